The van der Waals surface area contributed by atoms with Gasteiger partial charge >= 0.3 is 0 Å². The monoisotopic (exact) mass is 420 g/mol. The number of fused-ring (bicyclic) bond motifs is 1. The number of aryl methyl sites for hydroxylation is 1. The molecule has 31 heavy (non-hydrogen) atoms. The normalized spacial score (nSPS) is 32.4. The molecular formula is C25H36N6. The zero-order valence-electron chi connectivity index (χ0n) is 19.2. The second-order valence-electron chi connectivity index (χ2n) is 9.64. The van der Waals surface area contributed by atoms with Crippen molar-refractivity contribution in [2.45, 2.75) is 50.4 Å². The molecule has 2 saturated heterocycles. The average Bonchev–Trinajstić information content (AvgIpc) is 3.14. The fourth-order valence-electron chi connectivity index (χ4n) is 5.82. The number of pyridine rings is 1. The first-order valence-electron chi connectivity index (χ1n) is 11.9. The highest BCUT2D eigenvalue weighted by Gasteiger charge is 2.44. The first-order chi connectivity index (χ1) is 15.1. The SMILES string of the molecule is Cc1cccnc1[C@@H]1CCC[C@H](C2N=C3C=CC=CN3C2CN2CCN(C)CC2)N1C. The van der Waals surface area contributed by atoms with E-state index in [0.717, 1.165) is 38.6 Å². The molecule has 1 aromatic rings. The molecule has 5 rings (SSSR count). The van der Waals surface area contributed by atoms with Crippen LogP contribution < -0.4 is 0 Å². The molecule has 6 nitrogen and oxygen atoms in total. The molecular weight excluding hydrogens is 384 g/mol. The van der Waals surface area contributed by atoms with Crippen LogP contribution in [0.1, 0.15) is 36.6 Å². The summed E-state index contributed by atoms with van der Waals surface area (Å²) in [4.78, 5) is 20.2. The largest absolute Gasteiger partial charge is 0.327 e. The van der Waals surface area contributed by atoms with Gasteiger partial charge < -0.3 is 9.80 Å². The van der Waals surface area contributed by atoms with Crippen molar-refractivity contribution < 1.29 is 0 Å². The number of hydrogen-bond acceptors (Lipinski definition) is 6. The molecule has 0 bridgehead atoms. The summed E-state index contributed by atoms with van der Waals surface area (Å²) in [6.45, 7) is 7.90. The molecule has 0 radical (unpaired) electrons. The zero-order chi connectivity index (χ0) is 21.4. The van der Waals surface area contributed by atoms with Crippen LogP contribution in [0.15, 0.2) is 47.7 Å². The van der Waals surface area contributed by atoms with E-state index in [1.807, 2.05) is 12.3 Å². The van der Waals surface area contributed by atoms with Crippen LogP contribution in [0, 0.1) is 6.92 Å². The Hall–Kier alpha value is -2.02. The van der Waals surface area contributed by atoms with Crippen LogP contribution in [0.5, 0.6) is 0 Å². The Balaban J connectivity index is 1.39. The number of allylic oxidation sites excluding steroid dienone is 2. The molecule has 4 aliphatic heterocycles. The van der Waals surface area contributed by atoms with Crippen LogP contribution in [-0.4, -0.2) is 95.4 Å². The van der Waals surface area contributed by atoms with Crippen molar-refractivity contribution in [3.8, 4) is 0 Å². The molecule has 2 unspecified atom stereocenters. The van der Waals surface area contributed by atoms with E-state index in [1.54, 1.807) is 0 Å². The minimum atomic E-state index is 0.291. The summed E-state index contributed by atoms with van der Waals surface area (Å²) >= 11 is 0. The van der Waals surface area contributed by atoms with E-state index in [-0.39, 0.29) is 0 Å². The highest BCUT2D eigenvalue weighted by molar-refractivity contribution is 5.96. The van der Waals surface area contributed by atoms with Crippen LogP contribution in [0.4, 0.5) is 0 Å². The molecule has 0 N–H and O–H groups in total. The average molecular weight is 421 g/mol. The summed E-state index contributed by atoms with van der Waals surface area (Å²) < 4.78 is 0. The Morgan fingerprint density at radius 1 is 1.06 bits per heavy atom. The second-order valence-corrected chi connectivity index (χ2v) is 9.64. The number of aliphatic imine (C=N–C) groups is 1. The molecule has 0 spiro atoms. The van der Waals surface area contributed by atoms with E-state index in [9.17, 15) is 0 Å². The van der Waals surface area contributed by atoms with Crippen LogP contribution in [-0.2, 0) is 0 Å². The molecule has 0 amide bonds. The molecule has 166 valence electrons. The highest BCUT2D eigenvalue weighted by Crippen LogP contribution is 2.38. The Morgan fingerprint density at radius 3 is 2.71 bits per heavy atom. The number of piperidine rings is 1. The lowest BCUT2D eigenvalue weighted by atomic mass is 9.86. The first-order valence-corrected chi connectivity index (χ1v) is 11.9. The topological polar surface area (TPSA) is 38.2 Å². The van der Waals surface area contributed by atoms with E-state index in [4.69, 9.17) is 9.98 Å². The lowest BCUT2D eigenvalue weighted by Gasteiger charge is -2.45. The van der Waals surface area contributed by atoms with Crippen molar-refractivity contribution in [3.63, 3.8) is 0 Å². The number of hydrogen-bond donors (Lipinski definition) is 0. The van der Waals surface area contributed by atoms with Gasteiger partial charge in [0.2, 0.25) is 0 Å². The number of rotatable bonds is 4. The molecule has 2 fully saturated rings. The van der Waals surface area contributed by atoms with Crippen LogP contribution >= 0.6 is 0 Å². The Labute approximate surface area is 186 Å². The van der Waals surface area contributed by atoms with E-state index in [0.29, 0.717) is 24.2 Å². The smallest absolute Gasteiger partial charge is 0.128 e. The maximum absolute atomic E-state index is 5.30. The Kier molecular flexibility index (Phi) is 5.95. The standard InChI is InChI=1S/C25H36N6/c1-19-8-7-12-26-24(19)20-9-6-10-21(29(20)3)25-22(18-30-16-14-28(2)15-17-30)31-13-5-4-11-23(31)27-25/h4-5,7-8,11-13,20-22,25H,6,9-10,14-18H2,1-3H3/t20-,21+,22?,25?/m0/s1. The Bertz CT molecular complexity index is 869. The van der Waals surface area contributed by atoms with Gasteiger partial charge in [-0.3, -0.25) is 19.8 Å². The third kappa shape index (κ3) is 4.09. The van der Waals surface area contributed by atoms with Crippen molar-refractivity contribution in [1.82, 2.24) is 24.6 Å². The minimum Gasteiger partial charge on any atom is -0.327 e. The maximum Gasteiger partial charge on any atom is 0.128 e. The van der Waals surface area contributed by atoms with E-state index in [1.165, 1.54) is 30.5 Å². The molecule has 5 heterocycles. The molecule has 6 heteroatoms. The van der Waals surface area contributed by atoms with Crippen molar-refractivity contribution >= 4 is 5.84 Å². The summed E-state index contributed by atoms with van der Waals surface area (Å²) in [6.07, 6.45) is 14.3. The van der Waals surface area contributed by atoms with Crippen LogP contribution in [0.25, 0.3) is 0 Å². The number of nitrogens with zero attached hydrogens (tertiary/aromatic N) is 6. The number of aromatic nitrogens is 1. The van der Waals surface area contributed by atoms with Gasteiger partial charge in [0, 0.05) is 51.2 Å². The molecule has 0 aliphatic carbocycles. The summed E-state index contributed by atoms with van der Waals surface area (Å²) in [5.74, 6) is 1.14. The van der Waals surface area contributed by atoms with Gasteiger partial charge in [0.05, 0.1) is 23.8 Å². The van der Waals surface area contributed by atoms with E-state index >= 15 is 0 Å². The van der Waals surface area contributed by atoms with E-state index in [2.05, 4.69) is 71.1 Å². The quantitative estimate of drug-likeness (QED) is 0.749. The molecule has 4 atom stereocenters. The predicted octanol–water partition coefficient (Wildman–Crippen LogP) is 2.70. The molecule has 0 aromatic carbocycles. The fourth-order valence-corrected chi connectivity index (χ4v) is 5.82. The third-order valence-electron chi connectivity index (χ3n) is 7.69. The van der Waals surface area contributed by atoms with Gasteiger partial charge in [0.1, 0.15) is 5.84 Å². The van der Waals surface area contributed by atoms with Gasteiger partial charge in [-0.15, -0.1) is 0 Å². The summed E-state index contributed by atoms with van der Waals surface area (Å²) in [5.41, 5.74) is 2.54. The van der Waals surface area contributed by atoms with Crippen molar-refractivity contribution in [1.29, 1.82) is 0 Å². The molecule has 1 aromatic heterocycles. The van der Waals surface area contributed by atoms with Crippen molar-refractivity contribution in [3.05, 3.63) is 54.0 Å². The number of likely N-dealkylation sites (N-methyl/N-ethyl adjacent to an activating group) is 2. The summed E-state index contributed by atoms with van der Waals surface area (Å²) in [6, 6.07) is 5.76. The van der Waals surface area contributed by atoms with Crippen LogP contribution in [0.3, 0.4) is 0 Å². The summed E-state index contributed by atoms with van der Waals surface area (Å²) in [7, 11) is 4.53. The number of piperazine rings is 1. The molecule has 0 saturated carbocycles. The second kappa shape index (κ2) is 8.85. The number of amidine groups is 1. The van der Waals surface area contributed by atoms with Crippen LogP contribution in [0.2, 0.25) is 0 Å². The maximum atomic E-state index is 5.30. The summed E-state index contributed by atoms with van der Waals surface area (Å²) in [5, 5.41) is 0. The highest BCUT2D eigenvalue weighted by atomic mass is 15.3. The first kappa shape index (κ1) is 20.9. The third-order valence-corrected chi connectivity index (χ3v) is 7.69. The predicted molar refractivity (Wildman–Crippen MR) is 126 cm³/mol. The van der Waals surface area contributed by atoms with Gasteiger partial charge in [0.15, 0.2) is 0 Å². The lowest BCUT2D eigenvalue weighted by Crippen LogP contribution is -2.56. The Morgan fingerprint density at radius 2 is 1.90 bits per heavy atom. The molecule has 4 aliphatic rings. The van der Waals surface area contributed by atoms with Gasteiger partial charge in [-0.25, -0.2) is 0 Å². The van der Waals surface area contributed by atoms with Crippen molar-refractivity contribution in [2.75, 3.05) is 46.8 Å². The fraction of sp³-hybridized carbons (Fsp3) is 0.600. The van der Waals surface area contributed by atoms with Gasteiger partial charge in [0.25, 0.3) is 0 Å². The zero-order valence-corrected chi connectivity index (χ0v) is 19.2. The lowest BCUT2D eigenvalue weighted by molar-refractivity contribution is 0.0680. The number of likely N-dealkylation sites (tertiary alicyclic amines) is 1. The minimum absolute atomic E-state index is 0.291. The van der Waals surface area contributed by atoms with Gasteiger partial charge in [-0.2, -0.15) is 0 Å². The van der Waals surface area contributed by atoms with E-state index < -0.39 is 0 Å². The van der Waals surface area contributed by atoms with Crippen molar-refractivity contribution in [2.24, 2.45) is 4.99 Å². The van der Waals surface area contributed by atoms with Gasteiger partial charge in [-0.1, -0.05) is 12.1 Å². The van der Waals surface area contributed by atoms with Gasteiger partial charge in [-0.05, 0) is 64.1 Å².